The number of nitrogens with two attached hydrogens (primary N) is 1. The maximum atomic E-state index is 12.8. The summed E-state index contributed by atoms with van der Waals surface area (Å²) >= 11 is 12.7. The molecule has 0 aliphatic carbocycles. The molecule has 0 aliphatic rings. The SMILES string of the molecule is CC(=O)Nc1ccc2nc(-c3cc(NC(=O)c4ccc(C(F)(F)F)nc4C)ccc3Cl)[nH]c2c1.Cc1nc(C(F)(F)F)ccc1C(=O)Nc1ccc(Cl)c(-c2nc3ccc(N)cc3[nH]2)c1. The third-order valence-electron chi connectivity index (χ3n) is 9.51. The van der Waals surface area contributed by atoms with Gasteiger partial charge in [0.15, 0.2) is 0 Å². The topological polar surface area (TPSA) is 196 Å². The van der Waals surface area contributed by atoms with E-state index in [4.69, 9.17) is 28.9 Å². The Balaban J connectivity index is 0.000000195. The number of aromatic nitrogens is 6. The average molecular weight is 934 g/mol. The molecule has 4 aromatic heterocycles. The van der Waals surface area contributed by atoms with E-state index in [1.807, 2.05) is 0 Å². The summed E-state index contributed by atoms with van der Waals surface area (Å²) in [6, 6.07) is 23.7. The Morgan fingerprint density at radius 1 is 0.554 bits per heavy atom. The Labute approximate surface area is 373 Å². The quantitative estimate of drug-likeness (QED) is 0.0670. The number of pyridine rings is 2. The van der Waals surface area contributed by atoms with E-state index in [2.05, 4.69) is 45.9 Å². The van der Waals surface area contributed by atoms with Gasteiger partial charge in [-0.25, -0.2) is 19.9 Å². The number of carbonyl (C=O) groups is 3. The highest BCUT2D eigenvalue weighted by molar-refractivity contribution is 6.34. The smallest absolute Gasteiger partial charge is 0.399 e. The first-order chi connectivity index (χ1) is 30.6. The number of hydrogen-bond acceptors (Lipinski definition) is 8. The van der Waals surface area contributed by atoms with Crippen LogP contribution in [0.2, 0.25) is 10.0 Å². The van der Waals surface area contributed by atoms with E-state index in [9.17, 15) is 40.7 Å². The fourth-order valence-corrected chi connectivity index (χ4v) is 6.87. The van der Waals surface area contributed by atoms with Gasteiger partial charge in [-0.3, -0.25) is 14.4 Å². The van der Waals surface area contributed by atoms with Gasteiger partial charge in [-0.15, -0.1) is 0 Å². The number of halogens is 8. The lowest BCUT2D eigenvalue weighted by molar-refractivity contribution is -0.142. The summed E-state index contributed by atoms with van der Waals surface area (Å²) in [4.78, 5) is 58.8. The van der Waals surface area contributed by atoms with Crippen LogP contribution >= 0.6 is 23.2 Å². The van der Waals surface area contributed by atoms with Gasteiger partial charge in [0.2, 0.25) is 5.91 Å². The molecule has 4 aromatic carbocycles. The fraction of sp³-hybridized carbons (Fsp3) is 0.114. The van der Waals surface area contributed by atoms with Crippen LogP contribution in [-0.2, 0) is 17.1 Å². The Kier molecular flexibility index (Phi) is 12.6. The van der Waals surface area contributed by atoms with Crippen LogP contribution in [0, 0.1) is 13.8 Å². The van der Waals surface area contributed by atoms with Gasteiger partial charge >= 0.3 is 12.4 Å². The number of amides is 3. The van der Waals surface area contributed by atoms with Crippen molar-refractivity contribution in [2.24, 2.45) is 0 Å². The first kappa shape index (κ1) is 45.5. The molecular formula is C44H32Cl2F6N10O3. The second-order valence-electron chi connectivity index (χ2n) is 14.3. The molecule has 0 atom stereocenters. The van der Waals surface area contributed by atoms with E-state index in [1.165, 1.54) is 20.8 Å². The number of rotatable bonds is 7. The maximum Gasteiger partial charge on any atom is 0.433 e. The number of carbonyl (C=O) groups excluding carboxylic acids is 3. The molecule has 13 nitrogen and oxygen atoms in total. The number of aromatic amines is 2. The van der Waals surface area contributed by atoms with Gasteiger partial charge in [0, 0.05) is 40.8 Å². The van der Waals surface area contributed by atoms with Crippen molar-refractivity contribution in [2.75, 3.05) is 21.7 Å². The van der Waals surface area contributed by atoms with Crippen molar-refractivity contribution in [3.63, 3.8) is 0 Å². The molecule has 4 heterocycles. The monoisotopic (exact) mass is 932 g/mol. The normalized spacial score (nSPS) is 11.6. The van der Waals surface area contributed by atoms with Crippen LogP contribution in [0.1, 0.15) is 50.4 Å². The highest BCUT2D eigenvalue weighted by Crippen LogP contribution is 2.34. The molecule has 0 aliphatic heterocycles. The summed E-state index contributed by atoms with van der Waals surface area (Å²) in [5.74, 6) is -0.498. The third-order valence-corrected chi connectivity index (χ3v) is 10.2. The number of H-pyrrole nitrogens is 2. The van der Waals surface area contributed by atoms with Gasteiger partial charge < -0.3 is 31.7 Å². The zero-order chi connectivity index (χ0) is 47.0. The second-order valence-corrected chi connectivity index (χ2v) is 15.1. The van der Waals surface area contributed by atoms with Gasteiger partial charge in [-0.2, -0.15) is 26.3 Å². The first-order valence-electron chi connectivity index (χ1n) is 19.0. The van der Waals surface area contributed by atoms with Crippen LogP contribution in [0.5, 0.6) is 0 Å². The number of fused-ring (bicyclic) bond motifs is 2. The van der Waals surface area contributed by atoms with Crippen LogP contribution in [0.25, 0.3) is 44.8 Å². The number of nitrogens with zero attached hydrogens (tertiary/aromatic N) is 4. The third kappa shape index (κ3) is 10.5. The summed E-state index contributed by atoms with van der Waals surface area (Å²) in [7, 11) is 0. The molecule has 8 aromatic rings. The van der Waals surface area contributed by atoms with Crippen molar-refractivity contribution >= 4 is 85.7 Å². The molecular weight excluding hydrogens is 901 g/mol. The van der Waals surface area contributed by atoms with E-state index in [1.54, 1.807) is 72.8 Å². The molecule has 0 saturated carbocycles. The molecule has 0 bridgehead atoms. The lowest BCUT2D eigenvalue weighted by atomic mass is 10.1. The largest absolute Gasteiger partial charge is 0.433 e. The number of nitrogen functional groups attached to an aromatic ring is 1. The van der Waals surface area contributed by atoms with Crippen LogP contribution < -0.4 is 21.7 Å². The predicted octanol–water partition coefficient (Wildman–Crippen LogP) is 11.3. The molecule has 332 valence electrons. The molecule has 7 N–H and O–H groups in total. The van der Waals surface area contributed by atoms with Crippen molar-refractivity contribution in [3.05, 3.63) is 141 Å². The Morgan fingerprint density at radius 2 is 0.969 bits per heavy atom. The average Bonchev–Trinajstić information content (AvgIpc) is 3.85. The van der Waals surface area contributed by atoms with Gasteiger partial charge in [0.1, 0.15) is 23.0 Å². The number of imidazole rings is 2. The van der Waals surface area contributed by atoms with Crippen molar-refractivity contribution in [1.82, 2.24) is 29.9 Å². The highest BCUT2D eigenvalue weighted by Gasteiger charge is 2.34. The Morgan fingerprint density at radius 3 is 1.40 bits per heavy atom. The second kappa shape index (κ2) is 17.9. The maximum absolute atomic E-state index is 12.8. The Bertz CT molecular complexity index is 3170. The summed E-state index contributed by atoms with van der Waals surface area (Å²) in [5.41, 5.74) is 9.34. The van der Waals surface area contributed by atoms with Crippen molar-refractivity contribution in [2.45, 2.75) is 33.1 Å². The van der Waals surface area contributed by atoms with Gasteiger partial charge in [-0.1, -0.05) is 23.2 Å². The zero-order valence-electron chi connectivity index (χ0n) is 33.9. The molecule has 0 spiro atoms. The summed E-state index contributed by atoms with van der Waals surface area (Å²) in [6.07, 6.45) is -9.18. The molecule has 0 unspecified atom stereocenters. The lowest BCUT2D eigenvalue weighted by Crippen LogP contribution is -2.16. The number of benzene rings is 4. The van der Waals surface area contributed by atoms with Gasteiger partial charge in [-0.05, 0) is 111 Å². The van der Waals surface area contributed by atoms with Crippen molar-refractivity contribution < 1.29 is 40.7 Å². The highest BCUT2D eigenvalue weighted by atomic mass is 35.5. The summed E-state index contributed by atoms with van der Waals surface area (Å²) < 4.78 is 76.9. The minimum absolute atomic E-state index is 0.0127. The number of hydrogen-bond donors (Lipinski definition) is 6. The minimum atomic E-state index is -4.60. The van der Waals surface area contributed by atoms with Crippen molar-refractivity contribution in [3.8, 4) is 22.8 Å². The van der Waals surface area contributed by atoms with Crippen LogP contribution in [0.15, 0.2) is 97.1 Å². The first-order valence-corrected chi connectivity index (χ1v) is 19.7. The molecule has 0 fully saturated rings. The lowest BCUT2D eigenvalue weighted by Gasteiger charge is -2.11. The summed E-state index contributed by atoms with van der Waals surface area (Å²) in [5, 5.41) is 8.77. The minimum Gasteiger partial charge on any atom is -0.399 e. The van der Waals surface area contributed by atoms with Gasteiger partial charge in [0.05, 0.1) is 54.6 Å². The molecule has 0 saturated heterocycles. The number of nitrogens with one attached hydrogen (secondary N) is 5. The molecule has 8 rings (SSSR count). The molecule has 21 heteroatoms. The van der Waals surface area contributed by atoms with Crippen LogP contribution in [0.4, 0.5) is 49.1 Å². The molecule has 3 amide bonds. The zero-order valence-corrected chi connectivity index (χ0v) is 35.4. The van der Waals surface area contributed by atoms with Gasteiger partial charge in [0.25, 0.3) is 11.8 Å². The van der Waals surface area contributed by atoms with E-state index in [0.29, 0.717) is 72.1 Å². The van der Waals surface area contributed by atoms with E-state index in [0.717, 1.165) is 29.8 Å². The summed E-state index contributed by atoms with van der Waals surface area (Å²) in [6.45, 7) is 4.09. The number of aryl methyl sites for hydroxylation is 2. The fourth-order valence-electron chi connectivity index (χ4n) is 6.46. The van der Waals surface area contributed by atoms with Crippen LogP contribution in [0.3, 0.4) is 0 Å². The van der Waals surface area contributed by atoms with E-state index >= 15 is 0 Å². The van der Waals surface area contributed by atoms with Crippen molar-refractivity contribution in [1.29, 1.82) is 0 Å². The molecule has 0 radical (unpaired) electrons. The number of anilines is 4. The van der Waals surface area contributed by atoms with E-state index in [-0.39, 0.29) is 28.4 Å². The van der Waals surface area contributed by atoms with Crippen LogP contribution in [-0.4, -0.2) is 47.6 Å². The van der Waals surface area contributed by atoms with E-state index < -0.39 is 35.6 Å². The predicted molar refractivity (Wildman–Crippen MR) is 236 cm³/mol. The standard InChI is InChI=1S/C23H17ClF3N5O2.C21H15ClF3N5O/c1-11-15(5-8-20(28-11)23(25,26)27)22(34)30-13-3-6-17(24)16(9-13)21-31-18-7-4-14(29-12(2)33)10-19(18)32-21;1-10-13(4-7-18(27-10)21(23,24)25)20(31)28-12-3-5-15(22)14(9-12)19-29-16-6-2-11(26)8-17(16)30-19/h3-10H,1-2H3,(H,29,33)(H,30,34)(H,31,32);2-9H,26H2,1H3,(H,28,31)(H,29,30). The Hall–Kier alpha value is -7.51. The number of alkyl halides is 6. The molecule has 65 heavy (non-hydrogen) atoms.